The van der Waals surface area contributed by atoms with Gasteiger partial charge in [-0.1, -0.05) is 12.1 Å². The molecule has 0 bridgehead atoms. The third-order valence-electron chi connectivity index (χ3n) is 5.87. The van der Waals surface area contributed by atoms with E-state index in [0.29, 0.717) is 12.1 Å². The van der Waals surface area contributed by atoms with E-state index in [4.69, 9.17) is 0 Å². The normalized spacial score (nSPS) is 10.3. The standard InChI is InChI=1S/C26H17N7O10/c34-25(28-20-3-1-2-4-21(20)29-26(35)16-7-11-18(12-8-16)30(36)37)15-5-9-17(10-6-15)27-24-22(32(40)41)13-19(31(38)39)14-23(24)33(42)43/h1-14,27H,(H,28,34)(H,29,35). The average Bonchev–Trinajstić information content (AvgIpc) is 2.98. The molecule has 0 spiro atoms. The average molecular weight is 587 g/mol. The molecule has 43 heavy (non-hydrogen) atoms. The molecule has 0 aromatic heterocycles. The van der Waals surface area contributed by atoms with E-state index in [2.05, 4.69) is 16.0 Å². The van der Waals surface area contributed by atoms with Gasteiger partial charge in [-0.15, -0.1) is 0 Å². The number of carbonyl (C=O) groups is 2. The zero-order valence-electron chi connectivity index (χ0n) is 21.5. The van der Waals surface area contributed by atoms with E-state index in [-0.39, 0.29) is 33.9 Å². The van der Waals surface area contributed by atoms with Gasteiger partial charge in [-0.25, -0.2) is 0 Å². The molecule has 0 aliphatic carbocycles. The molecule has 0 fully saturated rings. The Labute approximate surface area is 239 Å². The summed E-state index contributed by atoms with van der Waals surface area (Å²) in [6.07, 6.45) is 0. The number of rotatable bonds is 10. The minimum absolute atomic E-state index is 0.104. The zero-order chi connectivity index (χ0) is 31.3. The van der Waals surface area contributed by atoms with E-state index in [1.54, 1.807) is 12.1 Å². The minimum Gasteiger partial charge on any atom is -0.344 e. The van der Waals surface area contributed by atoms with Crippen molar-refractivity contribution in [2.45, 2.75) is 0 Å². The Hall–Kier alpha value is -6.78. The van der Waals surface area contributed by atoms with Crippen LogP contribution in [-0.2, 0) is 0 Å². The third-order valence-corrected chi connectivity index (χ3v) is 5.87. The van der Waals surface area contributed by atoms with E-state index in [1.807, 2.05) is 0 Å². The summed E-state index contributed by atoms with van der Waals surface area (Å²) >= 11 is 0. The molecule has 4 aromatic rings. The number of non-ortho nitro benzene ring substituents is 2. The molecule has 0 aliphatic heterocycles. The molecule has 216 valence electrons. The summed E-state index contributed by atoms with van der Waals surface area (Å²) in [5, 5.41) is 52.7. The van der Waals surface area contributed by atoms with Gasteiger partial charge in [0.15, 0.2) is 5.69 Å². The molecule has 0 radical (unpaired) electrons. The molecular formula is C26H17N7O10. The predicted octanol–water partition coefficient (Wildman–Crippen LogP) is 5.57. The molecule has 4 aromatic carbocycles. The maximum Gasteiger partial charge on any atom is 0.306 e. The molecule has 0 aliphatic rings. The summed E-state index contributed by atoms with van der Waals surface area (Å²) in [5.41, 5.74) is -2.58. The first-order valence-electron chi connectivity index (χ1n) is 11.9. The van der Waals surface area contributed by atoms with Crippen molar-refractivity contribution in [2.75, 3.05) is 16.0 Å². The fourth-order valence-corrected chi connectivity index (χ4v) is 3.79. The lowest BCUT2D eigenvalue weighted by Crippen LogP contribution is -2.16. The number of carbonyl (C=O) groups excluding carboxylic acids is 2. The monoisotopic (exact) mass is 587 g/mol. The van der Waals surface area contributed by atoms with Crippen LogP contribution in [0.25, 0.3) is 0 Å². The molecule has 17 heteroatoms. The largest absolute Gasteiger partial charge is 0.344 e. The van der Waals surface area contributed by atoms with Gasteiger partial charge in [0.25, 0.3) is 23.2 Å². The molecular weight excluding hydrogens is 570 g/mol. The highest BCUT2D eigenvalue weighted by Crippen LogP contribution is 2.40. The van der Waals surface area contributed by atoms with Crippen LogP contribution in [0.15, 0.2) is 84.9 Å². The summed E-state index contributed by atoms with van der Waals surface area (Å²) in [5.74, 6) is -1.20. The number of anilines is 4. The van der Waals surface area contributed by atoms with Crippen molar-refractivity contribution in [1.82, 2.24) is 0 Å². The first-order valence-corrected chi connectivity index (χ1v) is 11.9. The van der Waals surface area contributed by atoms with Crippen LogP contribution >= 0.6 is 0 Å². The maximum absolute atomic E-state index is 12.9. The summed E-state index contributed by atoms with van der Waals surface area (Å²) in [6, 6.07) is 17.6. The Morgan fingerprint density at radius 3 is 1.35 bits per heavy atom. The molecule has 17 nitrogen and oxygen atoms in total. The van der Waals surface area contributed by atoms with Crippen LogP contribution in [-0.4, -0.2) is 31.5 Å². The van der Waals surface area contributed by atoms with Crippen molar-refractivity contribution in [3.63, 3.8) is 0 Å². The molecule has 4 rings (SSSR count). The van der Waals surface area contributed by atoms with Gasteiger partial charge in [-0.05, 0) is 48.5 Å². The van der Waals surface area contributed by atoms with Crippen molar-refractivity contribution in [3.05, 3.63) is 137 Å². The van der Waals surface area contributed by atoms with Crippen molar-refractivity contribution >= 4 is 57.3 Å². The minimum atomic E-state index is -0.998. The second kappa shape index (κ2) is 12.2. The molecule has 2 amide bonds. The van der Waals surface area contributed by atoms with Gasteiger partial charge in [0.05, 0.1) is 43.2 Å². The van der Waals surface area contributed by atoms with E-state index >= 15 is 0 Å². The van der Waals surface area contributed by atoms with Crippen molar-refractivity contribution < 1.29 is 29.3 Å². The molecule has 0 saturated carbocycles. The van der Waals surface area contributed by atoms with Crippen molar-refractivity contribution in [2.24, 2.45) is 0 Å². The lowest BCUT2D eigenvalue weighted by molar-refractivity contribution is -0.401. The zero-order valence-corrected chi connectivity index (χ0v) is 21.5. The number of nitro benzene ring substituents is 4. The van der Waals surface area contributed by atoms with Gasteiger partial charge in [-0.3, -0.25) is 50.0 Å². The van der Waals surface area contributed by atoms with Crippen LogP contribution in [0.5, 0.6) is 0 Å². The number of para-hydroxylation sites is 2. The second-order valence-electron chi connectivity index (χ2n) is 8.59. The Bertz CT molecular complexity index is 1760. The number of benzene rings is 4. The SMILES string of the molecule is O=C(Nc1ccccc1NC(=O)c1ccc([N+](=O)[O-])cc1)c1ccc(Nc2c([N+](=O)[O-])cc([N+](=O)[O-])cc2[N+](=O)[O-])cc1. The van der Waals surface area contributed by atoms with Gasteiger partial charge in [0.1, 0.15) is 0 Å². The van der Waals surface area contributed by atoms with Gasteiger partial charge in [-0.2, -0.15) is 0 Å². The first-order chi connectivity index (χ1) is 20.4. The van der Waals surface area contributed by atoms with Gasteiger partial charge in [0, 0.05) is 28.9 Å². The lowest BCUT2D eigenvalue weighted by atomic mass is 10.1. The summed E-state index contributed by atoms with van der Waals surface area (Å²) in [4.78, 5) is 66.9. The fraction of sp³-hybridized carbons (Fsp3) is 0. The molecule has 3 N–H and O–H groups in total. The van der Waals surface area contributed by atoms with Crippen LogP contribution in [0.3, 0.4) is 0 Å². The number of hydrogen-bond acceptors (Lipinski definition) is 11. The Balaban J connectivity index is 1.52. The van der Waals surface area contributed by atoms with Crippen LogP contribution in [0, 0.1) is 40.5 Å². The van der Waals surface area contributed by atoms with Crippen LogP contribution < -0.4 is 16.0 Å². The summed E-state index contributed by atoms with van der Waals surface area (Å²) < 4.78 is 0. The van der Waals surface area contributed by atoms with Gasteiger partial charge < -0.3 is 16.0 Å². The highest BCUT2D eigenvalue weighted by molar-refractivity contribution is 6.10. The topological polar surface area (TPSA) is 243 Å². The number of nitrogens with zero attached hydrogens (tertiary/aromatic N) is 4. The predicted molar refractivity (Wildman–Crippen MR) is 152 cm³/mol. The highest BCUT2D eigenvalue weighted by Gasteiger charge is 2.30. The fourth-order valence-electron chi connectivity index (χ4n) is 3.79. The molecule has 0 atom stereocenters. The Morgan fingerprint density at radius 2 is 0.953 bits per heavy atom. The number of nitrogens with one attached hydrogen (secondary N) is 3. The Kier molecular flexibility index (Phi) is 8.27. The van der Waals surface area contributed by atoms with E-state index in [1.165, 1.54) is 60.7 Å². The van der Waals surface area contributed by atoms with Gasteiger partial charge in [0.2, 0.25) is 0 Å². The second-order valence-corrected chi connectivity index (χ2v) is 8.59. The Morgan fingerprint density at radius 1 is 0.535 bits per heavy atom. The smallest absolute Gasteiger partial charge is 0.306 e. The van der Waals surface area contributed by atoms with Gasteiger partial charge >= 0.3 is 11.4 Å². The number of amides is 2. The highest BCUT2D eigenvalue weighted by atomic mass is 16.6. The summed E-state index contributed by atoms with van der Waals surface area (Å²) in [6.45, 7) is 0. The van der Waals surface area contributed by atoms with Crippen molar-refractivity contribution in [3.8, 4) is 0 Å². The maximum atomic E-state index is 12.9. The molecule has 0 heterocycles. The summed E-state index contributed by atoms with van der Waals surface area (Å²) in [7, 11) is 0. The molecule has 0 unspecified atom stereocenters. The first kappa shape index (κ1) is 29.2. The molecule has 0 saturated heterocycles. The van der Waals surface area contributed by atoms with E-state index in [9.17, 15) is 50.0 Å². The van der Waals surface area contributed by atoms with E-state index < -0.39 is 54.3 Å². The lowest BCUT2D eigenvalue weighted by Gasteiger charge is -2.13. The van der Waals surface area contributed by atoms with Crippen LogP contribution in [0.2, 0.25) is 0 Å². The van der Waals surface area contributed by atoms with Crippen molar-refractivity contribution in [1.29, 1.82) is 0 Å². The van der Waals surface area contributed by atoms with Crippen LogP contribution in [0.1, 0.15) is 20.7 Å². The van der Waals surface area contributed by atoms with Crippen LogP contribution in [0.4, 0.5) is 45.5 Å². The van der Waals surface area contributed by atoms with E-state index in [0.717, 1.165) is 0 Å². The third kappa shape index (κ3) is 6.69. The number of hydrogen-bond donors (Lipinski definition) is 3. The number of nitro groups is 4. The quantitative estimate of drug-likeness (QED) is 0.153.